The number of benzene rings is 1. The first kappa shape index (κ1) is 23.2. The summed E-state index contributed by atoms with van der Waals surface area (Å²) in [6.45, 7) is 9.80. The van der Waals surface area contributed by atoms with Gasteiger partial charge in [0, 0.05) is 20.0 Å². The number of carbonyl (C=O) groups is 1. The highest BCUT2D eigenvalue weighted by molar-refractivity contribution is 5.74. The van der Waals surface area contributed by atoms with Crippen LogP contribution in [0.4, 0.5) is 4.39 Å². The smallest absolute Gasteiger partial charge is 0.217 e. The lowest BCUT2D eigenvalue weighted by molar-refractivity contribution is -0.122. The molecule has 1 saturated heterocycles. The second-order valence-electron chi connectivity index (χ2n) is 8.16. The fourth-order valence-corrected chi connectivity index (χ4v) is 4.61. The normalized spacial score (nSPS) is 20.0. The van der Waals surface area contributed by atoms with Crippen LogP contribution < -0.4 is 5.32 Å². The molecule has 0 radical (unpaired) electrons. The minimum atomic E-state index is -0.658. The lowest BCUT2D eigenvalue weighted by atomic mass is 9.72. The minimum Gasteiger partial charge on any atom is -0.348 e. The molecule has 1 N–H and O–H groups in total. The maximum absolute atomic E-state index is 13.2. The number of allylic oxidation sites excluding steroid dienone is 1. The van der Waals surface area contributed by atoms with Crippen molar-refractivity contribution in [1.29, 1.82) is 0 Å². The van der Waals surface area contributed by atoms with Crippen LogP contribution >= 0.6 is 0 Å². The second-order valence-corrected chi connectivity index (χ2v) is 8.16. The Labute approximate surface area is 173 Å². The third kappa shape index (κ3) is 6.20. The Morgan fingerprint density at radius 3 is 2.76 bits per heavy atom. The van der Waals surface area contributed by atoms with E-state index < -0.39 is 11.6 Å². The Morgan fingerprint density at radius 1 is 1.45 bits per heavy atom. The maximum Gasteiger partial charge on any atom is 0.217 e. The molecule has 160 valence electrons. The standard InChI is InChI=1S/C23H34FN3O2/c1-4-6-8-22(26-29)23(14-7-5-2,25-18(3)28)20-13-15-27(17-20)16-19-9-11-21(24)12-10-19/h5,9-12,20,22H,2,4,6-8,13-17H2,1,3H3,(H,25,28)/t20-,22?,23?/m1/s1. The van der Waals surface area contributed by atoms with Crippen LogP contribution in [0, 0.1) is 16.6 Å². The predicted octanol–water partition coefficient (Wildman–Crippen LogP) is 4.81. The minimum absolute atomic E-state index is 0.129. The van der Waals surface area contributed by atoms with Crippen LogP contribution in [0.5, 0.6) is 0 Å². The van der Waals surface area contributed by atoms with Gasteiger partial charge in [0.2, 0.25) is 5.91 Å². The monoisotopic (exact) mass is 403 g/mol. The van der Waals surface area contributed by atoms with Gasteiger partial charge >= 0.3 is 0 Å². The molecular weight excluding hydrogens is 369 g/mol. The van der Waals surface area contributed by atoms with Gasteiger partial charge in [-0.05, 0) is 55.8 Å². The van der Waals surface area contributed by atoms with Gasteiger partial charge in [0.25, 0.3) is 0 Å². The number of amides is 1. The zero-order valence-corrected chi connectivity index (χ0v) is 17.7. The van der Waals surface area contributed by atoms with Crippen molar-refractivity contribution in [2.45, 2.75) is 70.5 Å². The first-order chi connectivity index (χ1) is 13.9. The molecule has 5 nitrogen and oxygen atoms in total. The number of unbranched alkanes of at least 4 members (excludes halogenated alkanes) is 1. The van der Waals surface area contributed by atoms with Crippen LogP contribution in [-0.2, 0) is 11.3 Å². The average molecular weight is 404 g/mol. The van der Waals surface area contributed by atoms with Crippen molar-refractivity contribution in [3.05, 3.63) is 53.2 Å². The number of nitrogens with one attached hydrogen (secondary N) is 1. The molecule has 3 atom stereocenters. The third-order valence-electron chi connectivity index (χ3n) is 6.04. The van der Waals surface area contributed by atoms with Gasteiger partial charge in [-0.1, -0.05) is 43.2 Å². The second kappa shape index (κ2) is 11.2. The van der Waals surface area contributed by atoms with E-state index in [1.54, 1.807) is 12.1 Å². The molecule has 1 aliphatic rings. The number of nitrogens with zero attached hydrogens (tertiary/aromatic N) is 2. The average Bonchev–Trinajstić information content (AvgIpc) is 3.16. The van der Waals surface area contributed by atoms with Gasteiger partial charge in [0.1, 0.15) is 11.9 Å². The molecular formula is C23H34FN3O2. The molecule has 0 saturated carbocycles. The molecule has 1 aromatic carbocycles. The van der Waals surface area contributed by atoms with E-state index in [1.165, 1.54) is 19.1 Å². The molecule has 1 aliphatic heterocycles. The largest absolute Gasteiger partial charge is 0.348 e. The molecule has 6 heteroatoms. The van der Waals surface area contributed by atoms with Crippen molar-refractivity contribution < 1.29 is 9.18 Å². The number of carbonyl (C=O) groups excluding carboxylic acids is 1. The summed E-state index contributed by atoms with van der Waals surface area (Å²) in [7, 11) is 0. The van der Waals surface area contributed by atoms with Gasteiger partial charge in [0.15, 0.2) is 0 Å². The lowest BCUT2D eigenvalue weighted by Crippen LogP contribution is -2.60. The Balaban J connectivity index is 2.23. The number of likely N-dealkylation sites (tertiary alicyclic amines) is 1. The topological polar surface area (TPSA) is 61.8 Å². The Bertz CT molecular complexity index is 679. The van der Waals surface area contributed by atoms with Crippen LogP contribution in [-0.4, -0.2) is 35.5 Å². The summed E-state index contributed by atoms with van der Waals surface area (Å²) >= 11 is 0. The van der Waals surface area contributed by atoms with E-state index in [-0.39, 0.29) is 17.6 Å². The summed E-state index contributed by atoms with van der Waals surface area (Å²) in [5.41, 5.74) is 0.397. The van der Waals surface area contributed by atoms with Gasteiger partial charge in [0.05, 0.1) is 5.54 Å². The van der Waals surface area contributed by atoms with Crippen LogP contribution in [0.2, 0.25) is 0 Å². The molecule has 1 aromatic rings. The maximum atomic E-state index is 13.2. The fourth-order valence-electron chi connectivity index (χ4n) is 4.61. The van der Waals surface area contributed by atoms with E-state index in [0.29, 0.717) is 19.3 Å². The van der Waals surface area contributed by atoms with Crippen molar-refractivity contribution in [3.63, 3.8) is 0 Å². The first-order valence-electron chi connectivity index (χ1n) is 10.6. The Hall–Kier alpha value is -2.08. The van der Waals surface area contributed by atoms with Crippen LogP contribution in [0.15, 0.2) is 42.1 Å². The number of halogens is 1. The molecule has 0 bridgehead atoms. The highest BCUT2D eigenvalue weighted by atomic mass is 19.1. The zero-order chi connectivity index (χ0) is 21.3. The summed E-state index contributed by atoms with van der Waals surface area (Å²) < 4.78 is 13.2. The van der Waals surface area contributed by atoms with E-state index in [2.05, 4.69) is 28.9 Å². The zero-order valence-electron chi connectivity index (χ0n) is 17.7. The molecule has 0 aromatic heterocycles. The Morgan fingerprint density at radius 2 is 2.17 bits per heavy atom. The summed E-state index contributed by atoms with van der Waals surface area (Å²) in [4.78, 5) is 26.3. The molecule has 1 amide bonds. The predicted molar refractivity (Wildman–Crippen MR) is 115 cm³/mol. The van der Waals surface area contributed by atoms with Crippen LogP contribution in [0.1, 0.15) is 57.9 Å². The van der Waals surface area contributed by atoms with Gasteiger partial charge < -0.3 is 5.32 Å². The summed E-state index contributed by atoms with van der Waals surface area (Å²) in [6.07, 6.45) is 6.65. The molecule has 1 fully saturated rings. The number of nitroso groups, excluding NO2 is 1. The van der Waals surface area contributed by atoms with E-state index in [1.807, 2.05) is 6.08 Å². The third-order valence-corrected chi connectivity index (χ3v) is 6.04. The van der Waals surface area contributed by atoms with Gasteiger partial charge in [-0.25, -0.2) is 4.39 Å². The molecule has 0 spiro atoms. The molecule has 2 unspecified atom stereocenters. The molecule has 29 heavy (non-hydrogen) atoms. The van der Waals surface area contributed by atoms with E-state index >= 15 is 0 Å². The van der Waals surface area contributed by atoms with Crippen LogP contribution in [0.25, 0.3) is 0 Å². The lowest BCUT2D eigenvalue weighted by Gasteiger charge is -2.43. The van der Waals surface area contributed by atoms with Crippen molar-refractivity contribution in [1.82, 2.24) is 10.2 Å². The van der Waals surface area contributed by atoms with Crippen LogP contribution in [0.3, 0.4) is 0 Å². The summed E-state index contributed by atoms with van der Waals surface area (Å²) in [6, 6.07) is 6.11. The number of rotatable bonds is 12. The summed E-state index contributed by atoms with van der Waals surface area (Å²) in [5, 5.41) is 6.67. The fraction of sp³-hybridized carbons (Fsp3) is 0.609. The van der Waals surface area contributed by atoms with E-state index in [0.717, 1.165) is 44.5 Å². The summed E-state index contributed by atoms with van der Waals surface area (Å²) in [5.74, 6) is -0.236. The molecule has 2 rings (SSSR count). The Kier molecular flexibility index (Phi) is 8.96. The first-order valence-corrected chi connectivity index (χ1v) is 10.6. The quantitative estimate of drug-likeness (QED) is 0.402. The van der Waals surface area contributed by atoms with Gasteiger partial charge in [-0.2, -0.15) is 4.91 Å². The SMILES string of the molecule is C=CCCC(NC(C)=O)(C(CCCC)N=O)[C@@H]1CCN(Cc2ccc(F)cc2)C1. The molecule has 1 heterocycles. The van der Waals surface area contributed by atoms with E-state index in [4.69, 9.17) is 0 Å². The highest BCUT2D eigenvalue weighted by Crippen LogP contribution is 2.38. The van der Waals surface area contributed by atoms with E-state index in [9.17, 15) is 14.1 Å². The number of hydrogen-bond acceptors (Lipinski definition) is 4. The van der Waals surface area contributed by atoms with Gasteiger partial charge in [-0.15, -0.1) is 6.58 Å². The van der Waals surface area contributed by atoms with Crippen molar-refractivity contribution >= 4 is 5.91 Å². The number of hydrogen-bond donors (Lipinski definition) is 1. The molecule has 0 aliphatic carbocycles. The van der Waals surface area contributed by atoms with Crippen molar-refractivity contribution in [2.24, 2.45) is 11.1 Å². The van der Waals surface area contributed by atoms with Crippen molar-refractivity contribution in [3.8, 4) is 0 Å². The van der Waals surface area contributed by atoms with Gasteiger partial charge in [-0.3, -0.25) is 9.69 Å². The van der Waals surface area contributed by atoms with Crippen molar-refractivity contribution in [2.75, 3.05) is 13.1 Å². The highest BCUT2D eigenvalue weighted by Gasteiger charge is 2.48.